The molecule has 0 radical (unpaired) electrons. The maximum Gasteiger partial charge on any atom is 0.134 e. The molecule has 1 aromatic carbocycles. The van der Waals surface area contributed by atoms with Gasteiger partial charge in [-0.05, 0) is 17.9 Å². The van der Waals surface area contributed by atoms with Crippen LogP contribution in [0.5, 0.6) is 0 Å². The summed E-state index contributed by atoms with van der Waals surface area (Å²) < 4.78 is 6.16. The van der Waals surface area contributed by atoms with Gasteiger partial charge in [0, 0.05) is 22.3 Å². The summed E-state index contributed by atoms with van der Waals surface area (Å²) in [7, 11) is 0. The van der Waals surface area contributed by atoms with E-state index in [0.29, 0.717) is 11.3 Å². The number of fused-ring (bicyclic) bond motifs is 8. The molecule has 0 aliphatic heterocycles. The van der Waals surface area contributed by atoms with Crippen molar-refractivity contribution in [1.29, 1.82) is 0 Å². The van der Waals surface area contributed by atoms with Gasteiger partial charge < -0.3 is 4.42 Å². The molecule has 18 heavy (non-hydrogen) atoms. The Kier molecular flexibility index (Phi) is 1.04. The molecule has 2 fully saturated rings. The highest BCUT2D eigenvalue weighted by Crippen LogP contribution is 2.91. The molecule has 2 aromatic rings. The monoisotopic (exact) mass is 232 g/mol. The number of furan rings is 1. The van der Waals surface area contributed by atoms with Crippen LogP contribution in [0.2, 0.25) is 0 Å². The quantitative estimate of drug-likeness (QED) is 0.626. The number of hydrogen-bond donors (Lipinski definition) is 0. The van der Waals surface area contributed by atoms with Crippen molar-refractivity contribution in [3.05, 3.63) is 59.9 Å². The summed E-state index contributed by atoms with van der Waals surface area (Å²) in [4.78, 5) is 0. The van der Waals surface area contributed by atoms with Crippen molar-refractivity contribution in [3.8, 4) is 0 Å². The summed E-state index contributed by atoms with van der Waals surface area (Å²) in [6.07, 6.45) is 9.63. The zero-order valence-corrected chi connectivity index (χ0v) is 9.84. The average molecular weight is 232 g/mol. The summed E-state index contributed by atoms with van der Waals surface area (Å²) in [5.74, 6) is 4.00. The van der Waals surface area contributed by atoms with Crippen molar-refractivity contribution in [3.63, 3.8) is 0 Å². The molecular formula is C17H12O. The summed E-state index contributed by atoms with van der Waals surface area (Å²) in [5.41, 5.74) is 3.07. The van der Waals surface area contributed by atoms with Crippen LogP contribution in [-0.2, 0) is 0 Å². The number of allylic oxidation sites excluding steroid dienone is 4. The van der Waals surface area contributed by atoms with Crippen LogP contribution in [0.25, 0.3) is 11.0 Å². The Hall–Kier alpha value is -1.76. The molecule has 1 heterocycles. The van der Waals surface area contributed by atoms with Crippen molar-refractivity contribution >= 4 is 11.0 Å². The zero-order chi connectivity index (χ0) is 11.5. The first-order valence-electron chi connectivity index (χ1n) is 6.80. The van der Waals surface area contributed by atoms with Gasteiger partial charge in [0.25, 0.3) is 0 Å². The van der Waals surface area contributed by atoms with Gasteiger partial charge in [0.2, 0.25) is 0 Å². The normalized spacial score (nSPS) is 44.4. The van der Waals surface area contributed by atoms with Crippen LogP contribution < -0.4 is 0 Å². The maximum absolute atomic E-state index is 6.16. The molecule has 0 N–H and O–H groups in total. The first-order chi connectivity index (χ1) is 8.91. The van der Waals surface area contributed by atoms with E-state index in [1.807, 2.05) is 0 Å². The number of rotatable bonds is 0. The van der Waals surface area contributed by atoms with E-state index in [-0.39, 0.29) is 0 Å². The summed E-state index contributed by atoms with van der Waals surface area (Å²) in [6.45, 7) is 0. The van der Waals surface area contributed by atoms with Crippen molar-refractivity contribution in [1.82, 2.24) is 0 Å². The molecule has 1 nitrogen and oxygen atoms in total. The Bertz CT molecular complexity index is 778. The molecular weight excluding hydrogens is 220 g/mol. The smallest absolute Gasteiger partial charge is 0.134 e. The third-order valence-corrected chi connectivity index (χ3v) is 5.62. The van der Waals surface area contributed by atoms with Gasteiger partial charge in [0.15, 0.2) is 0 Å². The minimum atomic E-state index is 0.364. The Balaban J connectivity index is 1.78. The van der Waals surface area contributed by atoms with Crippen LogP contribution in [0.1, 0.15) is 23.2 Å². The SMILES string of the molecule is C1=CC2C3C4c5c(oc6ccccc56)C1C=CC243. The predicted octanol–water partition coefficient (Wildman–Crippen LogP) is 3.99. The lowest BCUT2D eigenvalue weighted by Gasteiger charge is -2.16. The number of para-hydroxylation sites is 1. The Morgan fingerprint density at radius 2 is 2.00 bits per heavy atom. The van der Waals surface area contributed by atoms with Crippen molar-refractivity contribution < 1.29 is 4.42 Å². The molecule has 1 heteroatoms. The standard InChI is InChI=1S/C17H12O/c1-2-4-12-10(3-1)13-15-14-11-6-5-9(16(13)18-12)7-8-17(11,14)15/h1-9,11,14-15H. The van der Waals surface area contributed by atoms with Crippen LogP contribution >= 0.6 is 0 Å². The van der Waals surface area contributed by atoms with E-state index in [1.54, 1.807) is 0 Å². The lowest BCUT2D eigenvalue weighted by Crippen LogP contribution is -2.07. The second-order valence-corrected chi connectivity index (χ2v) is 6.18. The van der Waals surface area contributed by atoms with Gasteiger partial charge >= 0.3 is 0 Å². The van der Waals surface area contributed by atoms with Crippen molar-refractivity contribution in [2.75, 3.05) is 0 Å². The van der Waals surface area contributed by atoms with Crippen LogP contribution in [0.3, 0.4) is 0 Å². The molecule has 1 aromatic heterocycles. The minimum Gasteiger partial charge on any atom is -0.460 e. The Labute approximate surface area is 105 Å². The maximum atomic E-state index is 6.16. The zero-order valence-electron chi connectivity index (χ0n) is 9.84. The molecule has 86 valence electrons. The highest BCUT2D eigenvalue weighted by atomic mass is 16.3. The second-order valence-electron chi connectivity index (χ2n) is 6.18. The first-order valence-corrected chi connectivity index (χ1v) is 6.80. The predicted molar refractivity (Wildman–Crippen MR) is 69.4 cm³/mol. The van der Waals surface area contributed by atoms with Crippen LogP contribution in [0.4, 0.5) is 0 Å². The lowest BCUT2D eigenvalue weighted by atomic mass is 9.86. The highest BCUT2D eigenvalue weighted by Gasteiger charge is 2.85. The molecule has 4 aliphatic rings. The van der Waals surface area contributed by atoms with E-state index in [1.165, 1.54) is 16.7 Å². The van der Waals surface area contributed by atoms with Gasteiger partial charge in [-0.2, -0.15) is 0 Å². The minimum absolute atomic E-state index is 0.364. The fourth-order valence-electron chi connectivity index (χ4n) is 4.68. The van der Waals surface area contributed by atoms with Gasteiger partial charge in [-0.1, -0.05) is 42.5 Å². The van der Waals surface area contributed by atoms with E-state index in [0.717, 1.165) is 23.3 Å². The molecule has 1 spiro atoms. The second kappa shape index (κ2) is 2.23. The van der Waals surface area contributed by atoms with E-state index in [4.69, 9.17) is 4.42 Å². The fourth-order valence-corrected chi connectivity index (χ4v) is 4.68. The molecule has 0 amide bonds. The first kappa shape index (κ1) is 8.36. The molecule has 4 aliphatic carbocycles. The highest BCUT2D eigenvalue weighted by molar-refractivity contribution is 5.86. The van der Waals surface area contributed by atoms with Crippen molar-refractivity contribution in [2.24, 2.45) is 17.3 Å². The van der Waals surface area contributed by atoms with E-state index in [2.05, 4.69) is 48.6 Å². The molecule has 5 unspecified atom stereocenters. The number of hydrogen-bond acceptors (Lipinski definition) is 1. The van der Waals surface area contributed by atoms with Gasteiger partial charge in [0.05, 0.1) is 5.92 Å². The Morgan fingerprint density at radius 1 is 1.06 bits per heavy atom. The molecule has 2 bridgehead atoms. The van der Waals surface area contributed by atoms with Crippen LogP contribution in [0.15, 0.2) is 53.0 Å². The lowest BCUT2D eigenvalue weighted by molar-refractivity contribution is 0.520. The van der Waals surface area contributed by atoms with Gasteiger partial charge in [0.1, 0.15) is 11.3 Å². The topological polar surface area (TPSA) is 13.1 Å². The van der Waals surface area contributed by atoms with Gasteiger partial charge in [-0.15, -0.1) is 0 Å². The molecule has 0 saturated heterocycles. The van der Waals surface area contributed by atoms with E-state index >= 15 is 0 Å². The summed E-state index contributed by atoms with van der Waals surface area (Å²) in [6, 6.07) is 8.53. The molecule has 5 atom stereocenters. The third-order valence-electron chi connectivity index (χ3n) is 5.62. The summed E-state index contributed by atoms with van der Waals surface area (Å²) in [5, 5.41) is 1.35. The third kappa shape index (κ3) is 0.644. The molecule has 6 rings (SSSR count). The van der Waals surface area contributed by atoms with Gasteiger partial charge in [-0.3, -0.25) is 0 Å². The largest absolute Gasteiger partial charge is 0.460 e. The van der Waals surface area contributed by atoms with Crippen LogP contribution in [0, 0.1) is 17.3 Å². The molecule has 2 saturated carbocycles. The number of benzene rings is 1. The Morgan fingerprint density at radius 3 is 3.00 bits per heavy atom. The van der Waals surface area contributed by atoms with Crippen LogP contribution in [-0.4, -0.2) is 0 Å². The van der Waals surface area contributed by atoms with Gasteiger partial charge in [-0.25, -0.2) is 0 Å². The van der Waals surface area contributed by atoms with E-state index < -0.39 is 0 Å². The fraction of sp³-hybridized carbons (Fsp3) is 0.294. The summed E-state index contributed by atoms with van der Waals surface area (Å²) >= 11 is 0. The average Bonchev–Trinajstić information content (AvgIpc) is 3.17. The van der Waals surface area contributed by atoms with Crippen molar-refractivity contribution in [2.45, 2.75) is 11.8 Å². The van der Waals surface area contributed by atoms with E-state index in [9.17, 15) is 0 Å².